The van der Waals surface area contributed by atoms with Crippen molar-refractivity contribution in [2.75, 3.05) is 13.1 Å². The lowest BCUT2D eigenvalue weighted by Gasteiger charge is -2.55. The molecule has 194 valence electrons. The molecule has 4 heterocycles. The fourth-order valence-electron chi connectivity index (χ4n) is 9.64. The van der Waals surface area contributed by atoms with Gasteiger partial charge in [0.1, 0.15) is 0 Å². The van der Waals surface area contributed by atoms with E-state index in [1.54, 1.807) is 0 Å². The molecule has 2 bridgehead atoms. The van der Waals surface area contributed by atoms with Crippen molar-refractivity contribution >= 4 is 10.8 Å². The largest absolute Gasteiger partial charge is 0.359 e. The average molecular weight is 503 g/mol. The summed E-state index contributed by atoms with van der Waals surface area (Å²) in [6, 6.07) is 9.26. The number of fused-ring (bicyclic) bond motifs is 2. The smallest absolute Gasteiger partial charge is 0.261 e. The quantitative estimate of drug-likeness (QED) is 0.435. The zero-order valence-electron chi connectivity index (χ0n) is 21.7. The number of likely N-dealkylation sites (tertiary alicyclic amines) is 1. The molecule has 37 heavy (non-hydrogen) atoms. The molecule has 1 aromatic carbocycles. The molecule has 0 N–H and O–H groups in total. The Morgan fingerprint density at radius 2 is 1.97 bits per heavy atom. The maximum atomic E-state index is 14.0. The topological polar surface area (TPSA) is 25.4 Å². The maximum absolute atomic E-state index is 14.0. The Labute approximate surface area is 218 Å². The van der Waals surface area contributed by atoms with E-state index in [0.29, 0.717) is 18.4 Å². The molecule has 3 nitrogen and oxygen atoms in total. The minimum Gasteiger partial charge on any atom is -0.359 e. The van der Waals surface area contributed by atoms with Gasteiger partial charge in [0.2, 0.25) is 0 Å². The van der Waals surface area contributed by atoms with Crippen molar-refractivity contribution < 1.29 is 13.5 Å². The SMILES string of the molecule is C[C@]12CC=C3C=C4CC[C@@H](N5CCC(F)(F)C5)CC45CC[C@]3(O5)[C@@H]1CCC2c1ccc2ccncc2c1. The molecule has 2 spiro atoms. The van der Waals surface area contributed by atoms with Gasteiger partial charge in [-0.05, 0) is 103 Å². The van der Waals surface area contributed by atoms with E-state index >= 15 is 0 Å². The fourth-order valence-corrected chi connectivity index (χ4v) is 9.64. The van der Waals surface area contributed by atoms with Crippen LogP contribution in [0.5, 0.6) is 0 Å². The van der Waals surface area contributed by atoms with E-state index in [2.05, 4.69) is 53.2 Å². The van der Waals surface area contributed by atoms with E-state index < -0.39 is 5.92 Å². The van der Waals surface area contributed by atoms with Crippen LogP contribution in [0.2, 0.25) is 0 Å². The van der Waals surface area contributed by atoms with Crippen molar-refractivity contribution in [3.63, 3.8) is 0 Å². The van der Waals surface area contributed by atoms with E-state index in [1.165, 1.54) is 40.3 Å². The Morgan fingerprint density at radius 1 is 1.05 bits per heavy atom. The number of alkyl halides is 2. The third-order valence-corrected chi connectivity index (χ3v) is 11.4. The van der Waals surface area contributed by atoms with E-state index in [-0.39, 0.29) is 35.6 Å². The van der Waals surface area contributed by atoms with Gasteiger partial charge in [0, 0.05) is 36.8 Å². The molecule has 0 amide bonds. The van der Waals surface area contributed by atoms with Crippen molar-refractivity contribution in [2.45, 2.75) is 93.8 Å². The second kappa shape index (κ2) is 7.51. The summed E-state index contributed by atoms with van der Waals surface area (Å²) in [7, 11) is 0. The molecule has 2 saturated carbocycles. The lowest BCUT2D eigenvalue weighted by Crippen LogP contribution is -2.55. The Morgan fingerprint density at radius 3 is 2.84 bits per heavy atom. The van der Waals surface area contributed by atoms with Crippen LogP contribution in [0.25, 0.3) is 10.8 Å². The normalized spacial score (nSPS) is 42.2. The molecule has 8 rings (SSSR count). The van der Waals surface area contributed by atoms with Gasteiger partial charge in [-0.25, -0.2) is 8.78 Å². The van der Waals surface area contributed by atoms with Crippen LogP contribution >= 0.6 is 0 Å². The highest BCUT2D eigenvalue weighted by Crippen LogP contribution is 2.69. The Balaban J connectivity index is 1.12. The van der Waals surface area contributed by atoms with Gasteiger partial charge in [-0.2, -0.15) is 0 Å². The summed E-state index contributed by atoms with van der Waals surface area (Å²) in [4.78, 5) is 6.43. The number of benzene rings is 1. The number of hydrogen-bond acceptors (Lipinski definition) is 3. The van der Waals surface area contributed by atoms with E-state index in [1.807, 2.05) is 12.4 Å². The number of hydrogen-bond donors (Lipinski definition) is 0. The summed E-state index contributed by atoms with van der Waals surface area (Å²) in [5.41, 5.74) is 4.00. The van der Waals surface area contributed by atoms with Crippen molar-refractivity contribution in [1.82, 2.24) is 9.88 Å². The molecule has 3 aliphatic carbocycles. The molecular weight excluding hydrogens is 466 g/mol. The third-order valence-electron chi connectivity index (χ3n) is 11.4. The monoisotopic (exact) mass is 502 g/mol. The summed E-state index contributed by atoms with van der Waals surface area (Å²) < 4.78 is 35.5. The summed E-state index contributed by atoms with van der Waals surface area (Å²) >= 11 is 0. The first-order valence-corrected chi connectivity index (χ1v) is 14.4. The van der Waals surface area contributed by atoms with Crippen molar-refractivity contribution in [3.05, 3.63) is 65.5 Å². The van der Waals surface area contributed by atoms with Crippen LogP contribution in [0.3, 0.4) is 0 Å². The first-order chi connectivity index (χ1) is 17.8. The molecule has 5 heteroatoms. The summed E-state index contributed by atoms with van der Waals surface area (Å²) in [5.74, 6) is -1.54. The number of ether oxygens (including phenoxy) is 1. The maximum Gasteiger partial charge on any atom is 0.261 e. The molecule has 2 saturated heterocycles. The molecular formula is C32H36F2N2O. The van der Waals surface area contributed by atoms with Crippen LogP contribution in [0.1, 0.15) is 76.2 Å². The highest BCUT2D eigenvalue weighted by atomic mass is 19.3. The van der Waals surface area contributed by atoms with Crippen LogP contribution in [-0.2, 0) is 4.74 Å². The minimum absolute atomic E-state index is 0.00350. The van der Waals surface area contributed by atoms with Gasteiger partial charge in [-0.15, -0.1) is 0 Å². The molecule has 2 aromatic rings. The summed E-state index contributed by atoms with van der Waals surface area (Å²) in [6.07, 6.45) is 17.3. The van der Waals surface area contributed by atoms with Gasteiger partial charge in [-0.3, -0.25) is 9.88 Å². The molecule has 4 fully saturated rings. The first kappa shape index (κ1) is 22.8. The minimum atomic E-state index is -2.53. The lowest BCUT2D eigenvalue weighted by atomic mass is 9.58. The van der Waals surface area contributed by atoms with Crippen molar-refractivity contribution in [2.24, 2.45) is 11.3 Å². The Bertz CT molecular complexity index is 1350. The predicted molar refractivity (Wildman–Crippen MR) is 141 cm³/mol. The van der Waals surface area contributed by atoms with Gasteiger partial charge < -0.3 is 4.74 Å². The molecule has 6 aliphatic rings. The summed E-state index contributed by atoms with van der Waals surface area (Å²) in [6.45, 7) is 2.95. The molecule has 6 atom stereocenters. The standard InChI is InChI=1S/C32H36F2N2O/c1-29-10-8-25-17-24-4-5-26(36-15-13-31(33,34)20-36)18-30(24)11-12-32(25,37-30)28(29)7-6-27(29)22-3-2-21-9-14-35-19-23(21)16-22/h2-3,8-9,14,16-17,19,26-28H,4-7,10-13,15,18,20H2,1H3/t26-,27?,28-,29-,30?,32-/m1/s1. The number of halogens is 2. The Hall–Kier alpha value is -2.11. The van der Waals surface area contributed by atoms with E-state index in [4.69, 9.17) is 4.74 Å². The average Bonchev–Trinajstić information content (AvgIpc) is 3.54. The number of allylic oxidation sites excluding steroid dienone is 1. The third kappa shape index (κ3) is 3.13. The van der Waals surface area contributed by atoms with Crippen LogP contribution in [-0.4, -0.2) is 46.1 Å². The number of pyridine rings is 1. The first-order valence-electron chi connectivity index (χ1n) is 14.4. The van der Waals surface area contributed by atoms with Gasteiger partial charge in [0.25, 0.3) is 5.92 Å². The highest BCUT2D eigenvalue weighted by molar-refractivity contribution is 5.82. The molecule has 2 unspecified atom stereocenters. The van der Waals surface area contributed by atoms with Gasteiger partial charge >= 0.3 is 0 Å². The number of nitrogens with zero attached hydrogens (tertiary/aromatic N) is 2. The van der Waals surface area contributed by atoms with Crippen LogP contribution in [0, 0.1) is 11.3 Å². The molecule has 1 aromatic heterocycles. The summed E-state index contributed by atoms with van der Waals surface area (Å²) in [5, 5.41) is 2.47. The van der Waals surface area contributed by atoms with Gasteiger partial charge in [-0.1, -0.05) is 31.2 Å². The number of rotatable bonds is 2. The van der Waals surface area contributed by atoms with E-state index in [0.717, 1.165) is 38.5 Å². The zero-order chi connectivity index (χ0) is 25.0. The number of aromatic nitrogens is 1. The molecule has 3 aliphatic heterocycles. The second-order valence-corrected chi connectivity index (χ2v) is 13.2. The van der Waals surface area contributed by atoms with Crippen LogP contribution in [0.4, 0.5) is 8.78 Å². The van der Waals surface area contributed by atoms with Crippen LogP contribution < -0.4 is 0 Å². The Kier molecular flexibility index (Phi) is 4.63. The van der Waals surface area contributed by atoms with Gasteiger partial charge in [0.15, 0.2) is 0 Å². The van der Waals surface area contributed by atoms with Crippen LogP contribution in [0.15, 0.2) is 60.0 Å². The van der Waals surface area contributed by atoms with E-state index in [9.17, 15) is 8.78 Å². The lowest BCUT2D eigenvalue weighted by molar-refractivity contribution is -0.141. The van der Waals surface area contributed by atoms with Crippen molar-refractivity contribution in [3.8, 4) is 0 Å². The van der Waals surface area contributed by atoms with Crippen molar-refractivity contribution in [1.29, 1.82) is 0 Å². The second-order valence-electron chi connectivity index (χ2n) is 13.2. The fraction of sp³-hybridized carbons (Fsp3) is 0.594. The highest BCUT2D eigenvalue weighted by Gasteiger charge is 2.66. The predicted octanol–water partition coefficient (Wildman–Crippen LogP) is 7.19. The molecule has 0 radical (unpaired) electrons. The zero-order valence-corrected chi connectivity index (χ0v) is 21.7. The van der Waals surface area contributed by atoms with Gasteiger partial charge in [0.05, 0.1) is 17.7 Å².